The Kier molecular flexibility index (Phi) is 8.58. The highest BCUT2D eigenvalue weighted by Gasteiger charge is 2.34. The number of aliphatic hydroxyl groups is 1. The predicted molar refractivity (Wildman–Crippen MR) is 86.8 cm³/mol. The maximum absolute atomic E-state index is 11.8. The van der Waals surface area contributed by atoms with Gasteiger partial charge in [-0.15, -0.1) is 0 Å². The van der Waals surface area contributed by atoms with Crippen molar-refractivity contribution in [2.24, 2.45) is 0 Å². The van der Waals surface area contributed by atoms with Crippen LogP contribution in [-0.4, -0.2) is 59.4 Å². The molecule has 26 heavy (non-hydrogen) atoms. The molecule has 0 saturated heterocycles. The molecule has 0 spiro atoms. The molecule has 0 fully saturated rings. The average molecular weight is 368 g/mol. The molecule has 0 aliphatic carbocycles. The van der Waals surface area contributed by atoms with Gasteiger partial charge in [-0.25, -0.2) is 9.59 Å². The van der Waals surface area contributed by atoms with Crippen molar-refractivity contribution < 1.29 is 38.9 Å². The lowest BCUT2D eigenvalue weighted by Crippen LogP contribution is -2.49. The van der Waals surface area contributed by atoms with E-state index in [1.807, 2.05) is 6.07 Å². The second-order valence-corrected chi connectivity index (χ2v) is 5.09. The van der Waals surface area contributed by atoms with Gasteiger partial charge in [-0.05, 0) is 5.56 Å². The summed E-state index contributed by atoms with van der Waals surface area (Å²) in [6.07, 6.45) is -4.80. The zero-order chi connectivity index (χ0) is 19.5. The summed E-state index contributed by atoms with van der Waals surface area (Å²) < 4.78 is 9.46. The first-order valence-corrected chi connectivity index (χ1v) is 7.61. The Balaban J connectivity index is 2.33. The van der Waals surface area contributed by atoms with Gasteiger partial charge in [0.05, 0.1) is 0 Å². The van der Waals surface area contributed by atoms with E-state index in [0.717, 1.165) is 12.5 Å². The van der Waals surface area contributed by atoms with Crippen molar-refractivity contribution in [2.75, 3.05) is 13.1 Å². The van der Waals surface area contributed by atoms with Crippen molar-refractivity contribution in [1.82, 2.24) is 10.6 Å². The third-order valence-electron chi connectivity index (χ3n) is 3.00. The number of ether oxygens (including phenoxy) is 2. The third kappa shape index (κ3) is 7.62. The van der Waals surface area contributed by atoms with Crippen LogP contribution in [0.2, 0.25) is 0 Å². The quantitative estimate of drug-likeness (QED) is 0.333. The lowest BCUT2D eigenvalue weighted by Gasteiger charge is -2.19. The minimum atomic E-state index is -2.21. The number of esters is 1. The van der Waals surface area contributed by atoms with Crippen molar-refractivity contribution >= 4 is 23.9 Å². The van der Waals surface area contributed by atoms with Gasteiger partial charge in [-0.1, -0.05) is 30.3 Å². The number of carbonyl (C=O) groups excluding carboxylic acids is 3. The van der Waals surface area contributed by atoms with Crippen LogP contribution in [0.15, 0.2) is 30.3 Å². The number of hydrogen-bond donors (Lipinski definition) is 4. The highest BCUT2D eigenvalue weighted by atomic mass is 16.6. The number of aliphatic carboxylic acids is 1. The summed E-state index contributed by atoms with van der Waals surface area (Å²) in [5.41, 5.74) is 0.808. The lowest BCUT2D eigenvalue weighted by atomic mass is 10.2. The molecule has 0 saturated carbocycles. The van der Waals surface area contributed by atoms with Crippen molar-refractivity contribution in [3.8, 4) is 0 Å². The van der Waals surface area contributed by atoms with E-state index in [1.165, 1.54) is 0 Å². The fourth-order valence-corrected chi connectivity index (χ4v) is 1.79. The van der Waals surface area contributed by atoms with Crippen LogP contribution in [0.5, 0.6) is 0 Å². The molecule has 0 aliphatic rings. The van der Waals surface area contributed by atoms with Crippen LogP contribution >= 0.6 is 0 Å². The van der Waals surface area contributed by atoms with E-state index >= 15 is 0 Å². The molecular weight excluding hydrogens is 348 g/mol. The van der Waals surface area contributed by atoms with Gasteiger partial charge in [0.15, 0.2) is 6.10 Å². The number of alkyl carbamates (subject to hydrolysis) is 1. The highest BCUT2D eigenvalue weighted by molar-refractivity contribution is 5.89. The summed E-state index contributed by atoms with van der Waals surface area (Å²) in [5.74, 6) is -3.64. The molecule has 1 aromatic carbocycles. The topological polar surface area (TPSA) is 151 Å². The number of rotatable bonds is 9. The molecule has 10 heteroatoms. The van der Waals surface area contributed by atoms with Crippen molar-refractivity contribution in [3.63, 3.8) is 0 Å². The number of carboxylic acid groups (broad SMARTS) is 1. The van der Waals surface area contributed by atoms with Gasteiger partial charge in [-0.2, -0.15) is 0 Å². The second-order valence-electron chi connectivity index (χ2n) is 5.09. The first kappa shape index (κ1) is 20.9. The molecule has 4 N–H and O–H groups in total. The molecule has 0 aliphatic heterocycles. The number of hydrogen-bond acceptors (Lipinski definition) is 7. The molecule has 0 bridgehead atoms. The van der Waals surface area contributed by atoms with E-state index in [0.29, 0.717) is 0 Å². The van der Waals surface area contributed by atoms with Gasteiger partial charge >= 0.3 is 18.0 Å². The van der Waals surface area contributed by atoms with Crippen LogP contribution in [-0.2, 0) is 30.5 Å². The van der Waals surface area contributed by atoms with Crippen LogP contribution in [0, 0.1) is 0 Å². The minimum Gasteiger partial charge on any atom is -0.479 e. The van der Waals surface area contributed by atoms with Crippen LogP contribution in [0.25, 0.3) is 0 Å². The van der Waals surface area contributed by atoms with Crippen molar-refractivity contribution in [3.05, 3.63) is 35.9 Å². The Bertz CT molecular complexity index is 634. The van der Waals surface area contributed by atoms with Gasteiger partial charge < -0.3 is 30.3 Å². The van der Waals surface area contributed by atoms with E-state index in [9.17, 15) is 24.3 Å². The smallest absolute Gasteiger partial charge is 0.407 e. The minimum absolute atomic E-state index is 0.0185. The van der Waals surface area contributed by atoms with Gasteiger partial charge in [0.2, 0.25) is 6.10 Å². The van der Waals surface area contributed by atoms with E-state index in [1.54, 1.807) is 24.3 Å². The Hall–Kier alpha value is -3.14. The van der Waals surface area contributed by atoms with Gasteiger partial charge in [0.1, 0.15) is 6.61 Å². The zero-order valence-corrected chi connectivity index (χ0v) is 14.0. The molecule has 142 valence electrons. The first-order valence-electron chi connectivity index (χ1n) is 7.61. The summed E-state index contributed by atoms with van der Waals surface area (Å²) in [6.45, 7) is 0.941. The van der Waals surface area contributed by atoms with E-state index in [-0.39, 0.29) is 19.7 Å². The number of carboxylic acids is 1. The van der Waals surface area contributed by atoms with Gasteiger partial charge in [0, 0.05) is 20.0 Å². The summed E-state index contributed by atoms with van der Waals surface area (Å²) in [5, 5.41) is 22.7. The molecule has 1 rings (SSSR count). The Morgan fingerprint density at radius 3 is 2.27 bits per heavy atom. The van der Waals surface area contributed by atoms with Crippen LogP contribution in [0.3, 0.4) is 0 Å². The fourth-order valence-electron chi connectivity index (χ4n) is 1.79. The highest BCUT2D eigenvalue weighted by Crippen LogP contribution is 2.02. The summed E-state index contributed by atoms with van der Waals surface area (Å²) in [4.78, 5) is 45.0. The second kappa shape index (κ2) is 10.7. The molecule has 0 aromatic heterocycles. The molecular formula is C16H20N2O8. The maximum atomic E-state index is 11.8. The van der Waals surface area contributed by atoms with E-state index < -0.39 is 36.1 Å². The SMILES string of the molecule is CC(=O)O[C@@H](C(=O)NCCNC(=O)OCc1ccccc1)[C@H](O)C(=O)O. The molecule has 0 heterocycles. The molecule has 2 atom stereocenters. The number of aliphatic hydroxyl groups excluding tert-OH is 1. The molecule has 10 nitrogen and oxygen atoms in total. The fraction of sp³-hybridized carbons (Fsp3) is 0.375. The Morgan fingerprint density at radius 2 is 1.69 bits per heavy atom. The van der Waals surface area contributed by atoms with Crippen molar-refractivity contribution in [1.29, 1.82) is 0 Å². The summed E-state index contributed by atoms with van der Waals surface area (Å²) in [6, 6.07) is 9.01. The zero-order valence-electron chi connectivity index (χ0n) is 14.0. The monoisotopic (exact) mass is 368 g/mol. The normalized spacial score (nSPS) is 12.4. The van der Waals surface area contributed by atoms with Crippen LogP contribution in [0.1, 0.15) is 12.5 Å². The van der Waals surface area contributed by atoms with Crippen LogP contribution < -0.4 is 10.6 Å². The molecule has 0 unspecified atom stereocenters. The molecule has 1 aromatic rings. The summed E-state index contributed by atoms with van der Waals surface area (Å²) >= 11 is 0. The lowest BCUT2D eigenvalue weighted by molar-refractivity contribution is -0.170. The Morgan fingerprint density at radius 1 is 1.08 bits per heavy atom. The predicted octanol–water partition coefficient (Wildman–Crippen LogP) is -0.594. The average Bonchev–Trinajstić information content (AvgIpc) is 2.61. The number of benzene rings is 1. The van der Waals surface area contributed by atoms with Crippen molar-refractivity contribution in [2.45, 2.75) is 25.7 Å². The van der Waals surface area contributed by atoms with E-state index in [2.05, 4.69) is 15.4 Å². The maximum Gasteiger partial charge on any atom is 0.407 e. The molecule has 0 radical (unpaired) electrons. The number of amides is 2. The van der Waals surface area contributed by atoms with E-state index in [4.69, 9.17) is 9.84 Å². The van der Waals surface area contributed by atoms with Gasteiger partial charge in [0.25, 0.3) is 5.91 Å². The standard InChI is InChI=1S/C16H20N2O8/c1-10(19)26-13(12(20)15(22)23)14(21)17-7-8-18-16(24)25-9-11-5-3-2-4-6-11/h2-6,12-13,20H,7-9H2,1H3,(H,17,21)(H,18,24)(H,22,23)/t12-,13+/m0/s1. The number of nitrogens with one attached hydrogen (secondary N) is 2. The Labute approximate surface area is 149 Å². The first-order chi connectivity index (χ1) is 12.3. The van der Waals surface area contributed by atoms with Crippen LogP contribution in [0.4, 0.5) is 4.79 Å². The number of carbonyl (C=O) groups is 4. The van der Waals surface area contributed by atoms with Gasteiger partial charge in [-0.3, -0.25) is 9.59 Å². The third-order valence-corrected chi connectivity index (χ3v) is 3.00. The summed E-state index contributed by atoms with van der Waals surface area (Å²) in [7, 11) is 0. The molecule has 2 amide bonds. The largest absolute Gasteiger partial charge is 0.479 e.